The van der Waals surface area contributed by atoms with Crippen LogP contribution < -0.4 is 16.6 Å². The SMILES string of the molecule is CCCNC(=NCC1CCSCC1)NN. The zero-order valence-electron chi connectivity index (χ0n) is 9.46. The summed E-state index contributed by atoms with van der Waals surface area (Å²) in [5.41, 5.74) is 2.61. The predicted octanol–water partition coefficient (Wildman–Crippen LogP) is 0.948. The van der Waals surface area contributed by atoms with Crippen molar-refractivity contribution in [2.75, 3.05) is 24.6 Å². The maximum Gasteiger partial charge on any atom is 0.205 e. The Morgan fingerprint density at radius 2 is 2.20 bits per heavy atom. The number of rotatable bonds is 4. The summed E-state index contributed by atoms with van der Waals surface area (Å²) in [5.74, 6) is 9.43. The number of nitrogens with zero attached hydrogens (tertiary/aromatic N) is 1. The molecule has 0 aliphatic carbocycles. The smallest absolute Gasteiger partial charge is 0.205 e. The molecule has 0 aromatic rings. The van der Waals surface area contributed by atoms with Gasteiger partial charge in [0.15, 0.2) is 0 Å². The second-order valence-electron chi connectivity index (χ2n) is 3.82. The van der Waals surface area contributed by atoms with E-state index in [1.807, 2.05) is 11.8 Å². The number of nitrogens with two attached hydrogens (primary N) is 1. The minimum atomic E-state index is 0.732. The lowest BCUT2D eigenvalue weighted by atomic mass is 10.0. The second kappa shape index (κ2) is 7.82. The van der Waals surface area contributed by atoms with E-state index in [1.165, 1.54) is 24.3 Å². The fourth-order valence-corrected chi connectivity index (χ4v) is 2.75. The van der Waals surface area contributed by atoms with Crippen LogP contribution in [0, 0.1) is 5.92 Å². The van der Waals surface area contributed by atoms with Gasteiger partial charge in [-0.2, -0.15) is 11.8 Å². The van der Waals surface area contributed by atoms with Crippen LogP contribution in [0.25, 0.3) is 0 Å². The lowest BCUT2D eigenvalue weighted by molar-refractivity contribution is 0.501. The normalized spacial score (nSPS) is 18.9. The maximum atomic E-state index is 5.38. The van der Waals surface area contributed by atoms with Crippen molar-refractivity contribution >= 4 is 17.7 Å². The van der Waals surface area contributed by atoms with Crippen molar-refractivity contribution in [3.63, 3.8) is 0 Å². The molecule has 1 rings (SSSR count). The molecule has 1 aliphatic heterocycles. The van der Waals surface area contributed by atoms with Crippen LogP contribution >= 0.6 is 11.8 Å². The van der Waals surface area contributed by atoms with Crippen LogP contribution in [0.1, 0.15) is 26.2 Å². The van der Waals surface area contributed by atoms with Gasteiger partial charge in [-0.1, -0.05) is 6.92 Å². The third kappa shape index (κ3) is 5.28. The van der Waals surface area contributed by atoms with Crippen LogP contribution in [0.5, 0.6) is 0 Å². The van der Waals surface area contributed by atoms with Gasteiger partial charge in [-0.15, -0.1) is 0 Å². The summed E-state index contributed by atoms with van der Waals surface area (Å²) in [5, 5.41) is 3.17. The second-order valence-corrected chi connectivity index (χ2v) is 5.04. The van der Waals surface area contributed by atoms with Gasteiger partial charge in [0, 0.05) is 13.1 Å². The number of aliphatic imine (C=N–C) groups is 1. The first kappa shape index (κ1) is 12.6. The van der Waals surface area contributed by atoms with Crippen LogP contribution in [0.3, 0.4) is 0 Å². The first-order chi connectivity index (χ1) is 7.36. The van der Waals surface area contributed by atoms with Crippen molar-refractivity contribution in [3.05, 3.63) is 0 Å². The first-order valence-corrected chi connectivity index (χ1v) is 6.85. The largest absolute Gasteiger partial charge is 0.355 e. The molecule has 1 saturated heterocycles. The van der Waals surface area contributed by atoms with Crippen LogP contribution in [-0.2, 0) is 0 Å². The topological polar surface area (TPSA) is 62.4 Å². The summed E-state index contributed by atoms with van der Waals surface area (Å²) in [6, 6.07) is 0. The lowest BCUT2D eigenvalue weighted by Crippen LogP contribution is -2.42. The highest BCUT2D eigenvalue weighted by Gasteiger charge is 2.12. The van der Waals surface area contributed by atoms with E-state index < -0.39 is 0 Å². The minimum Gasteiger partial charge on any atom is -0.355 e. The molecule has 0 unspecified atom stereocenters. The van der Waals surface area contributed by atoms with Crippen molar-refractivity contribution in [2.24, 2.45) is 16.8 Å². The summed E-state index contributed by atoms with van der Waals surface area (Å²) in [7, 11) is 0. The highest BCUT2D eigenvalue weighted by Crippen LogP contribution is 2.22. The van der Waals surface area contributed by atoms with E-state index in [1.54, 1.807) is 0 Å². The Morgan fingerprint density at radius 1 is 1.47 bits per heavy atom. The van der Waals surface area contributed by atoms with Crippen molar-refractivity contribution in [2.45, 2.75) is 26.2 Å². The van der Waals surface area contributed by atoms with Gasteiger partial charge in [0.25, 0.3) is 0 Å². The highest BCUT2D eigenvalue weighted by molar-refractivity contribution is 7.99. The van der Waals surface area contributed by atoms with Gasteiger partial charge in [0.2, 0.25) is 5.96 Å². The minimum absolute atomic E-state index is 0.732. The Bertz CT molecular complexity index is 190. The molecule has 0 bridgehead atoms. The van der Waals surface area contributed by atoms with Gasteiger partial charge >= 0.3 is 0 Å². The molecule has 5 heteroatoms. The van der Waals surface area contributed by atoms with E-state index in [-0.39, 0.29) is 0 Å². The Balaban J connectivity index is 2.25. The molecule has 1 heterocycles. The average molecular weight is 230 g/mol. The molecule has 0 atom stereocenters. The van der Waals surface area contributed by atoms with Crippen molar-refractivity contribution < 1.29 is 0 Å². The van der Waals surface area contributed by atoms with Gasteiger partial charge in [-0.3, -0.25) is 10.4 Å². The molecule has 0 saturated carbocycles. The Morgan fingerprint density at radius 3 is 2.80 bits per heavy atom. The molecule has 4 N–H and O–H groups in total. The number of nitrogens with one attached hydrogen (secondary N) is 2. The molecular weight excluding hydrogens is 208 g/mol. The molecule has 88 valence electrons. The van der Waals surface area contributed by atoms with Crippen molar-refractivity contribution in [1.82, 2.24) is 10.7 Å². The van der Waals surface area contributed by atoms with E-state index in [2.05, 4.69) is 22.7 Å². The van der Waals surface area contributed by atoms with Crippen LogP contribution in [0.2, 0.25) is 0 Å². The standard InChI is InChI=1S/C10H22N4S/c1-2-5-12-10(14-11)13-8-9-3-6-15-7-4-9/h9H,2-8,11H2,1H3,(H2,12,13,14). The fourth-order valence-electron chi connectivity index (χ4n) is 1.55. The van der Waals surface area contributed by atoms with Crippen molar-refractivity contribution in [3.8, 4) is 0 Å². The average Bonchev–Trinajstić information content (AvgIpc) is 2.31. The number of hydrogen-bond acceptors (Lipinski definition) is 3. The van der Waals surface area contributed by atoms with E-state index in [0.29, 0.717) is 0 Å². The molecule has 0 aromatic heterocycles. The number of hydrogen-bond donors (Lipinski definition) is 3. The highest BCUT2D eigenvalue weighted by atomic mass is 32.2. The molecule has 1 aliphatic rings. The lowest BCUT2D eigenvalue weighted by Gasteiger charge is -2.19. The van der Waals surface area contributed by atoms with E-state index in [4.69, 9.17) is 5.84 Å². The van der Waals surface area contributed by atoms with E-state index in [0.717, 1.165) is 31.4 Å². The number of thioether (sulfide) groups is 1. The molecule has 15 heavy (non-hydrogen) atoms. The number of hydrazine groups is 1. The van der Waals surface area contributed by atoms with Gasteiger partial charge in [0.1, 0.15) is 0 Å². The zero-order valence-corrected chi connectivity index (χ0v) is 10.3. The number of guanidine groups is 1. The Labute approximate surface area is 96.4 Å². The van der Waals surface area contributed by atoms with Crippen LogP contribution in [0.4, 0.5) is 0 Å². The maximum absolute atomic E-state index is 5.38. The summed E-state index contributed by atoms with van der Waals surface area (Å²) in [4.78, 5) is 4.46. The molecule has 0 aromatic carbocycles. The van der Waals surface area contributed by atoms with Gasteiger partial charge in [-0.05, 0) is 36.7 Å². The summed E-state index contributed by atoms with van der Waals surface area (Å²) in [6.07, 6.45) is 3.67. The molecule has 0 amide bonds. The molecule has 4 nitrogen and oxygen atoms in total. The van der Waals surface area contributed by atoms with E-state index >= 15 is 0 Å². The van der Waals surface area contributed by atoms with E-state index in [9.17, 15) is 0 Å². The first-order valence-electron chi connectivity index (χ1n) is 5.69. The zero-order chi connectivity index (χ0) is 10.9. The van der Waals surface area contributed by atoms with Crippen LogP contribution in [-0.4, -0.2) is 30.6 Å². The van der Waals surface area contributed by atoms with Crippen molar-refractivity contribution in [1.29, 1.82) is 0 Å². The summed E-state index contributed by atoms with van der Waals surface area (Å²) >= 11 is 2.05. The van der Waals surface area contributed by atoms with Crippen LogP contribution in [0.15, 0.2) is 4.99 Å². The molecule has 0 spiro atoms. The van der Waals surface area contributed by atoms with Gasteiger partial charge in [0.05, 0.1) is 0 Å². The molecular formula is C10H22N4S. The predicted molar refractivity (Wildman–Crippen MR) is 68.0 cm³/mol. The summed E-state index contributed by atoms with van der Waals surface area (Å²) < 4.78 is 0. The molecule has 0 radical (unpaired) electrons. The quantitative estimate of drug-likeness (QED) is 0.291. The molecule has 1 fully saturated rings. The third-order valence-electron chi connectivity index (χ3n) is 2.53. The summed E-state index contributed by atoms with van der Waals surface area (Å²) in [6.45, 7) is 3.94. The van der Waals surface area contributed by atoms with Gasteiger partial charge < -0.3 is 5.32 Å². The fraction of sp³-hybridized carbons (Fsp3) is 0.900. The Kier molecular flexibility index (Phi) is 6.59. The van der Waals surface area contributed by atoms with Gasteiger partial charge in [-0.25, -0.2) is 5.84 Å². The Hall–Kier alpha value is -0.420. The monoisotopic (exact) mass is 230 g/mol. The third-order valence-corrected chi connectivity index (χ3v) is 3.58.